The van der Waals surface area contributed by atoms with E-state index < -0.39 is 0 Å². The maximum absolute atomic E-state index is 12.7. The number of hydrogen-bond donors (Lipinski definition) is 1. The summed E-state index contributed by atoms with van der Waals surface area (Å²) in [6.45, 7) is 25.2. The van der Waals surface area contributed by atoms with E-state index in [9.17, 15) is 29.3 Å². The minimum atomic E-state index is -0.369. The van der Waals surface area contributed by atoms with Crippen LogP contribution in [0.15, 0.2) is 208 Å². The fraction of sp³-hybridized carbons (Fsp3) is 0.405. The maximum atomic E-state index is 12.7. The number of nitro groups is 1. The number of ether oxygens (including phenoxy) is 1. The van der Waals surface area contributed by atoms with Crippen LogP contribution < -0.4 is 21.5 Å². The zero-order valence-electron chi connectivity index (χ0n) is 54.3. The number of hydrogen-bond acceptors (Lipinski definition) is 10. The summed E-state index contributed by atoms with van der Waals surface area (Å²) in [5, 5.41) is 10.9. The number of aryl methyl sites for hydroxylation is 1. The SMILES string of the molecule is CCC(=O)/C=C\C=C(/C)CC.CCCCN(CCC(C)CC)Cc1cccc(=O)n1OCc1ccccc1.CCCN(Cc1cccc(=O)n1Cc1ccccc1)C(CC)Cc1ccc([N+](=O)[O-])cc1.CCc1cccc(=O)[nH]1.COCc1ccccc1. The lowest BCUT2D eigenvalue weighted by atomic mass is 10.0. The molecule has 2 atom stereocenters. The molecule has 7 rings (SSSR count). The first-order valence-corrected chi connectivity index (χ1v) is 31.5. The molecule has 0 saturated carbocycles. The van der Waals surface area contributed by atoms with E-state index in [0.717, 1.165) is 98.0 Å². The number of nitrogens with zero attached hydrogens (tertiary/aromatic N) is 5. The van der Waals surface area contributed by atoms with Crippen LogP contribution in [-0.4, -0.2) is 67.6 Å². The number of carbonyl (C=O) groups excluding carboxylic acids is 1. The molecule has 3 aromatic heterocycles. The average molecular weight is 1200 g/mol. The van der Waals surface area contributed by atoms with E-state index in [-0.39, 0.29) is 39.1 Å². The standard InChI is InChI=1S/C26H31N3O3.C23H34N2O2.C10H16O.C8H10O.C7H9NO/c1-3-17-27(23(4-2)18-21-13-15-24(16-14-21)29(31)32)20-25-11-8-12-26(30)28(25)19-22-9-6-5-7-10-22;1-4-6-16-24(17-15-20(3)5-2)18-22-13-10-14-23(26)25(22)27-19-21-11-8-7-9-12-21;1-4-9(3)7-6-8-10(11)5-2;1-9-7-8-5-3-2-4-6-8;1-2-6-4-3-5-7(9)8-6/h5-16,23H,3-4,17-20H2,1-2H3;7-14,20H,4-6,15-19H2,1-3H3;6-8H,4-5H2,1-3H3;2-6H,7H2,1H3;3-5H,2H2,1H3,(H,8,9)/b;;8-6-,9-7+;;. The van der Waals surface area contributed by atoms with E-state index >= 15 is 0 Å². The predicted octanol–water partition coefficient (Wildman–Crippen LogP) is 15.2. The number of pyridine rings is 3. The van der Waals surface area contributed by atoms with Gasteiger partial charge >= 0.3 is 0 Å². The van der Waals surface area contributed by atoms with Crippen LogP contribution in [0.1, 0.15) is 153 Å². The van der Waals surface area contributed by atoms with Gasteiger partial charge in [-0.15, -0.1) is 4.73 Å². The molecule has 2 unspecified atom stereocenters. The highest BCUT2D eigenvalue weighted by Crippen LogP contribution is 2.20. The zero-order chi connectivity index (χ0) is 64.3. The van der Waals surface area contributed by atoms with Crippen LogP contribution in [0.3, 0.4) is 0 Å². The van der Waals surface area contributed by atoms with Gasteiger partial charge in [-0.1, -0.05) is 207 Å². The minimum Gasteiger partial charge on any atom is -0.406 e. The van der Waals surface area contributed by atoms with Crippen molar-refractivity contribution in [2.75, 3.05) is 26.7 Å². The lowest BCUT2D eigenvalue weighted by Crippen LogP contribution is -2.38. The number of nitro benzene ring substituents is 1. The number of non-ortho nitro benzene ring substituents is 1. The molecule has 7 aromatic rings. The van der Waals surface area contributed by atoms with Gasteiger partial charge in [-0.2, -0.15) is 0 Å². The Morgan fingerprint density at radius 3 is 1.77 bits per heavy atom. The molecule has 0 radical (unpaired) electrons. The second kappa shape index (κ2) is 44.4. The van der Waals surface area contributed by atoms with Crippen LogP contribution in [0.25, 0.3) is 0 Å². The van der Waals surface area contributed by atoms with E-state index in [1.807, 2.05) is 164 Å². The Bertz CT molecular complexity index is 3250. The number of rotatable bonds is 30. The van der Waals surface area contributed by atoms with E-state index in [0.29, 0.717) is 32.7 Å². The average Bonchev–Trinajstić information content (AvgIpc) is 3.06. The maximum Gasteiger partial charge on any atom is 0.283 e. The van der Waals surface area contributed by atoms with Gasteiger partial charge in [0.15, 0.2) is 5.78 Å². The molecular formula is C74H100N6O8. The van der Waals surface area contributed by atoms with Crippen molar-refractivity contribution in [2.24, 2.45) is 5.92 Å². The summed E-state index contributed by atoms with van der Waals surface area (Å²) in [6.07, 6.45) is 15.4. The molecule has 14 heteroatoms. The van der Waals surface area contributed by atoms with Crippen LogP contribution in [0.2, 0.25) is 0 Å². The number of carbonyl (C=O) groups is 1. The van der Waals surface area contributed by atoms with Gasteiger partial charge in [0.2, 0.25) is 5.56 Å². The third kappa shape index (κ3) is 30.0. The quantitative estimate of drug-likeness (QED) is 0.0198. The number of unbranched alkanes of at least 4 members (excludes halogenated alkanes) is 1. The first-order chi connectivity index (χ1) is 42.6. The highest BCUT2D eigenvalue weighted by molar-refractivity contribution is 5.89. The third-order valence-corrected chi connectivity index (χ3v) is 14.8. The van der Waals surface area contributed by atoms with Crippen molar-refractivity contribution in [1.82, 2.24) is 24.1 Å². The van der Waals surface area contributed by atoms with E-state index in [2.05, 4.69) is 63.2 Å². The Balaban J connectivity index is 0.000000320. The third-order valence-electron chi connectivity index (χ3n) is 14.8. The van der Waals surface area contributed by atoms with E-state index in [1.165, 1.54) is 47.6 Å². The fourth-order valence-electron chi connectivity index (χ4n) is 9.07. The number of ketones is 1. The second-order valence-corrected chi connectivity index (χ2v) is 21.8. The smallest absolute Gasteiger partial charge is 0.283 e. The summed E-state index contributed by atoms with van der Waals surface area (Å²) in [6, 6.07) is 53.2. The molecule has 0 fully saturated rings. The lowest BCUT2D eigenvalue weighted by Gasteiger charge is -2.32. The van der Waals surface area contributed by atoms with Gasteiger partial charge in [-0.25, -0.2) is 0 Å². The highest BCUT2D eigenvalue weighted by atomic mass is 16.7. The van der Waals surface area contributed by atoms with E-state index in [1.54, 1.807) is 43.5 Å². The number of methoxy groups -OCH3 is 1. The van der Waals surface area contributed by atoms with Gasteiger partial charge in [-0.05, 0) is 124 Å². The van der Waals surface area contributed by atoms with Crippen molar-refractivity contribution in [1.29, 1.82) is 0 Å². The van der Waals surface area contributed by atoms with E-state index in [4.69, 9.17) is 9.57 Å². The molecular weight excluding hydrogens is 1100 g/mol. The first kappa shape index (κ1) is 74.2. The fourth-order valence-corrected chi connectivity index (χ4v) is 9.07. The largest absolute Gasteiger partial charge is 0.406 e. The number of benzene rings is 4. The Kier molecular flexibility index (Phi) is 37.4. The van der Waals surface area contributed by atoms with Gasteiger partial charge in [0.1, 0.15) is 6.61 Å². The van der Waals surface area contributed by atoms with Crippen LogP contribution >= 0.6 is 0 Å². The van der Waals surface area contributed by atoms with Crippen molar-refractivity contribution in [3.8, 4) is 0 Å². The van der Waals surface area contributed by atoms with Crippen LogP contribution in [0, 0.1) is 16.0 Å². The summed E-state index contributed by atoms with van der Waals surface area (Å²) < 4.78 is 8.25. The number of aromatic amines is 1. The predicted molar refractivity (Wildman–Crippen MR) is 362 cm³/mol. The molecule has 0 saturated heterocycles. The monoisotopic (exact) mass is 1200 g/mol. The highest BCUT2D eigenvalue weighted by Gasteiger charge is 2.20. The van der Waals surface area contributed by atoms with Crippen molar-refractivity contribution in [3.63, 3.8) is 0 Å². The molecule has 14 nitrogen and oxygen atoms in total. The summed E-state index contributed by atoms with van der Waals surface area (Å²) in [5.41, 5.74) is 8.64. The van der Waals surface area contributed by atoms with Gasteiger partial charge in [0.05, 0.1) is 23.8 Å². The Morgan fingerprint density at radius 2 is 1.24 bits per heavy atom. The zero-order valence-corrected chi connectivity index (χ0v) is 54.3. The van der Waals surface area contributed by atoms with Crippen LogP contribution in [0.5, 0.6) is 0 Å². The molecule has 0 aliphatic rings. The molecule has 3 heterocycles. The number of nitrogens with one attached hydrogen (secondary N) is 1. The lowest BCUT2D eigenvalue weighted by molar-refractivity contribution is -0.384. The molecule has 1 N–H and O–H groups in total. The summed E-state index contributed by atoms with van der Waals surface area (Å²) in [5.74, 6) is 0.909. The molecule has 0 amide bonds. The van der Waals surface area contributed by atoms with Crippen molar-refractivity contribution >= 4 is 11.5 Å². The Morgan fingerprint density at radius 1 is 0.636 bits per heavy atom. The van der Waals surface area contributed by atoms with Crippen molar-refractivity contribution in [2.45, 2.75) is 165 Å². The molecule has 0 aliphatic heterocycles. The molecule has 474 valence electrons. The van der Waals surface area contributed by atoms with Crippen molar-refractivity contribution < 1.29 is 19.3 Å². The van der Waals surface area contributed by atoms with Gasteiger partial charge in [0, 0.05) is 74.4 Å². The topological polar surface area (TPSA) is 162 Å². The van der Waals surface area contributed by atoms with Gasteiger partial charge < -0.3 is 19.1 Å². The molecule has 0 spiro atoms. The molecule has 4 aromatic carbocycles. The first-order valence-electron chi connectivity index (χ1n) is 31.5. The normalized spacial score (nSPS) is 11.7. The summed E-state index contributed by atoms with van der Waals surface area (Å²) >= 11 is 0. The number of aromatic nitrogens is 3. The number of H-pyrrole nitrogens is 1. The van der Waals surface area contributed by atoms with Gasteiger partial charge in [-0.3, -0.25) is 39.1 Å². The molecule has 0 bridgehead atoms. The molecule has 0 aliphatic carbocycles. The van der Waals surface area contributed by atoms with Crippen molar-refractivity contribution in [3.05, 3.63) is 274 Å². The molecule has 88 heavy (non-hydrogen) atoms. The van der Waals surface area contributed by atoms with Gasteiger partial charge in [0.25, 0.3) is 16.8 Å². The summed E-state index contributed by atoms with van der Waals surface area (Å²) in [7, 11) is 1.70. The minimum absolute atomic E-state index is 0.00576. The Hall–Kier alpha value is -8.04. The van der Waals surface area contributed by atoms with Crippen LogP contribution in [0.4, 0.5) is 5.69 Å². The Labute approximate surface area is 524 Å². The van der Waals surface area contributed by atoms with Crippen LogP contribution in [-0.2, 0) is 55.2 Å². The summed E-state index contributed by atoms with van der Waals surface area (Å²) in [4.78, 5) is 70.5. The number of allylic oxidation sites excluding steroid dienone is 4. The second-order valence-electron chi connectivity index (χ2n) is 21.8.